The molecule has 0 saturated heterocycles. The Kier molecular flexibility index (Phi) is 8.13. The van der Waals surface area contributed by atoms with Gasteiger partial charge in [-0.25, -0.2) is 4.98 Å². The first-order chi connectivity index (χ1) is 17.0. The van der Waals surface area contributed by atoms with Crippen LogP contribution in [0.3, 0.4) is 0 Å². The lowest BCUT2D eigenvalue weighted by molar-refractivity contribution is -0.131. The van der Waals surface area contributed by atoms with E-state index in [0.717, 1.165) is 37.7 Å². The SMILES string of the molecule is CC[C@H](NC)C(=O)N[C@H](C(=O)N1c2ncccc2CC1C(=O)Nc1ccccc1)C1CCCCC1. The zero-order valence-electron chi connectivity index (χ0n) is 20.5. The molecule has 2 aliphatic rings. The van der Waals surface area contributed by atoms with Crippen molar-refractivity contribution in [2.24, 2.45) is 5.92 Å². The number of pyridine rings is 1. The van der Waals surface area contributed by atoms with Crippen molar-refractivity contribution in [1.82, 2.24) is 15.6 Å². The van der Waals surface area contributed by atoms with E-state index < -0.39 is 12.1 Å². The quantitative estimate of drug-likeness (QED) is 0.542. The lowest BCUT2D eigenvalue weighted by Crippen LogP contribution is -2.59. The Morgan fingerprint density at radius 3 is 2.49 bits per heavy atom. The summed E-state index contributed by atoms with van der Waals surface area (Å²) in [6.45, 7) is 1.93. The van der Waals surface area contributed by atoms with E-state index in [4.69, 9.17) is 0 Å². The average Bonchev–Trinajstić information content (AvgIpc) is 3.28. The largest absolute Gasteiger partial charge is 0.343 e. The number of amides is 3. The van der Waals surface area contributed by atoms with Gasteiger partial charge < -0.3 is 16.0 Å². The number of aromatic nitrogens is 1. The lowest BCUT2D eigenvalue weighted by Gasteiger charge is -2.35. The Labute approximate surface area is 206 Å². The maximum Gasteiger partial charge on any atom is 0.251 e. The molecule has 1 unspecified atom stereocenters. The molecule has 1 aliphatic carbocycles. The van der Waals surface area contributed by atoms with Crippen LogP contribution < -0.4 is 20.9 Å². The molecule has 2 aromatic rings. The topological polar surface area (TPSA) is 103 Å². The number of nitrogens with one attached hydrogen (secondary N) is 3. The van der Waals surface area contributed by atoms with Gasteiger partial charge in [-0.3, -0.25) is 19.3 Å². The molecule has 1 saturated carbocycles. The van der Waals surface area contributed by atoms with Crippen molar-refractivity contribution in [3.05, 3.63) is 54.2 Å². The van der Waals surface area contributed by atoms with E-state index in [9.17, 15) is 14.4 Å². The molecule has 1 aromatic heterocycles. The number of carbonyl (C=O) groups is 3. The van der Waals surface area contributed by atoms with Gasteiger partial charge in [0.15, 0.2) is 0 Å². The minimum Gasteiger partial charge on any atom is -0.343 e. The number of hydrogen-bond acceptors (Lipinski definition) is 5. The number of rotatable bonds is 8. The Morgan fingerprint density at radius 2 is 1.80 bits per heavy atom. The monoisotopic (exact) mass is 477 g/mol. The lowest BCUT2D eigenvalue weighted by atomic mass is 9.83. The number of benzene rings is 1. The van der Waals surface area contributed by atoms with Crippen LogP contribution in [0.25, 0.3) is 0 Å². The second-order valence-electron chi connectivity index (χ2n) is 9.40. The number of carbonyl (C=O) groups excluding carboxylic acids is 3. The van der Waals surface area contributed by atoms with Gasteiger partial charge in [0.2, 0.25) is 11.8 Å². The summed E-state index contributed by atoms with van der Waals surface area (Å²) in [5, 5.41) is 9.02. The number of nitrogens with zero attached hydrogens (tertiary/aromatic N) is 2. The minimum absolute atomic E-state index is 0.0279. The molecule has 186 valence electrons. The van der Waals surface area contributed by atoms with Gasteiger partial charge >= 0.3 is 0 Å². The molecular formula is C27H35N5O3. The van der Waals surface area contributed by atoms with Gasteiger partial charge in [-0.05, 0) is 56.0 Å². The molecule has 0 radical (unpaired) electrons. The minimum atomic E-state index is -0.734. The number of anilines is 2. The van der Waals surface area contributed by atoms with Crippen LogP contribution in [0.4, 0.5) is 11.5 Å². The highest BCUT2D eigenvalue weighted by atomic mass is 16.2. The zero-order chi connectivity index (χ0) is 24.8. The van der Waals surface area contributed by atoms with Crippen molar-refractivity contribution in [3.8, 4) is 0 Å². The molecular weight excluding hydrogens is 442 g/mol. The fourth-order valence-corrected chi connectivity index (χ4v) is 5.24. The Morgan fingerprint density at radius 1 is 1.06 bits per heavy atom. The third-order valence-corrected chi connectivity index (χ3v) is 7.16. The molecule has 1 fully saturated rings. The van der Waals surface area contributed by atoms with Crippen molar-refractivity contribution < 1.29 is 14.4 Å². The summed E-state index contributed by atoms with van der Waals surface area (Å²) in [4.78, 5) is 46.6. The highest BCUT2D eigenvalue weighted by Crippen LogP contribution is 2.34. The second-order valence-corrected chi connectivity index (χ2v) is 9.40. The van der Waals surface area contributed by atoms with Crippen LogP contribution in [0, 0.1) is 5.92 Å². The predicted molar refractivity (Wildman–Crippen MR) is 136 cm³/mol. The Bertz CT molecular complexity index is 1030. The molecule has 3 N–H and O–H groups in total. The summed E-state index contributed by atoms with van der Waals surface area (Å²) >= 11 is 0. The number of likely N-dealkylation sites (N-methyl/N-ethyl adjacent to an activating group) is 1. The fourth-order valence-electron chi connectivity index (χ4n) is 5.24. The summed E-state index contributed by atoms with van der Waals surface area (Å²) in [6, 6.07) is 11.1. The van der Waals surface area contributed by atoms with E-state index in [2.05, 4.69) is 20.9 Å². The summed E-state index contributed by atoms with van der Waals surface area (Å²) in [7, 11) is 1.75. The van der Waals surface area contributed by atoms with Gasteiger partial charge in [0.25, 0.3) is 5.91 Å². The second kappa shape index (κ2) is 11.4. The standard InChI is InChI=1S/C27H35N5O3/c1-3-21(28-2)25(33)31-23(18-11-6-4-7-12-18)27(35)32-22(17-19-13-10-16-29-24(19)32)26(34)30-20-14-8-5-9-15-20/h5,8-10,13-16,18,21-23,28H,3-4,6-7,11-12,17H2,1-2H3,(H,30,34)(H,31,33)/t21-,22?,23-/m0/s1. The summed E-state index contributed by atoms with van der Waals surface area (Å²) in [5.41, 5.74) is 1.52. The third-order valence-electron chi connectivity index (χ3n) is 7.16. The Balaban J connectivity index is 1.64. The molecule has 0 spiro atoms. The molecule has 1 aliphatic heterocycles. The van der Waals surface area contributed by atoms with Gasteiger partial charge in [0.1, 0.15) is 17.9 Å². The smallest absolute Gasteiger partial charge is 0.251 e. The first-order valence-electron chi connectivity index (χ1n) is 12.6. The van der Waals surface area contributed by atoms with Crippen molar-refractivity contribution in [1.29, 1.82) is 0 Å². The van der Waals surface area contributed by atoms with Gasteiger partial charge in [0, 0.05) is 18.3 Å². The van der Waals surface area contributed by atoms with E-state index >= 15 is 0 Å². The highest BCUT2D eigenvalue weighted by molar-refractivity contribution is 6.09. The third kappa shape index (κ3) is 5.53. The highest BCUT2D eigenvalue weighted by Gasteiger charge is 2.44. The van der Waals surface area contributed by atoms with Crippen LogP contribution >= 0.6 is 0 Å². The van der Waals surface area contributed by atoms with Crippen LogP contribution in [-0.2, 0) is 20.8 Å². The summed E-state index contributed by atoms with van der Waals surface area (Å²) in [6.07, 6.45) is 7.57. The number of hydrogen-bond donors (Lipinski definition) is 3. The first-order valence-corrected chi connectivity index (χ1v) is 12.6. The molecule has 8 nitrogen and oxygen atoms in total. The summed E-state index contributed by atoms with van der Waals surface area (Å²) in [5.74, 6) is -0.189. The van der Waals surface area contributed by atoms with Gasteiger partial charge in [-0.1, -0.05) is 50.5 Å². The van der Waals surface area contributed by atoms with E-state index in [-0.39, 0.29) is 29.7 Å². The van der Waals surface area contributed by atoms with E-state index in [1.54, 1.807) is 13.2 Å². The molecule has 0 bridgehead atoms. The molecule has 8 heteroatoms. The summed E-state index contributed by atoms with van der Waals surface area (Å²) < 4.78 is 0. The Hall–Kier alpha value is -3.26. The maximum atomic E-state index is 14.2. The van der Waals surface area contributed by atoms with Crippen molar-refractivity contribution in [2.45, 2.75) is 70.0 Å². The fraction of sp³-hybridized carbons (Fsp3) is 0.481. The van der Waals surface area contributed by atoms with Crippen molar-refractivity contribution in [3.63, 3.8) is 0 Å². The van der Waals surface area contributed by atoms with Crippen LogP contribution in [0.1, 0.15) is 51.0 Å². The first kappa shape index (κ1) is 24.9. The van der Waals surface area contributed by atoms with Gasteiger partial charge in [-0.15, -0.1) is 0 Å². The average molecular weight is 478 g/mol. The van der Waals surface area contributed by atoms with E-state index in [0.29, 0.717) is 24.3 Å². The van der Waals surface area contributed by atoms with Crippen molar-refractivity contribution >= 4 is 29.2 Å². The molecule has 1 aromatic carbocycles. The molecule has 2 heterocycles. The number of para-hydroxylation sites is 1. The molecule has 3 atom stereocenters. The van der Waals surface area contributed by atoms with Crippen LogP contribution in [0.15, 0.2) is 48.7 Å². The van der Waals surface area contributed by atoms with Crippen LogP contribution in [0.2, 0.25) is 0 Å². The zero-order valence-corrected chi connectivity index (χ0v) is 20.5. The van der Waals surface area contributed by atoms with E-state index in [1.807, 2.05) is 49.4 Å². The van der Waals surface area contributed by atoms with Gasteiger partial charge in [0.05, 0.1) is 6.04 Å². The van der Waals surface area contributed by atoms with Crippen molar-refractivity contribution in [2.75, 3.05) is 17.3 Å². The molecule has 4 rings (SSSR count). The molecule has 35 heavy (non-hydrogen) atoms. The predicted octanol–water partition coefficient (Wildman–Crippen LogP) is 3.04. The number of fused-ring (bicyclic) bond motifs is 1. The van der Waals surface area contributed by atoms with E-state index in [1.165, 1.54) is 4.90 Å². The normalized spacial score (nSPS) is 19.5. The van der Waals surface area contributed by atoms with Gasteiger partial charge in [-0.2, -0.15) is 0 Å². The van der Waals surface area contributed by atoms with Crippen LogP contribution in [-0.4, -0.2) is 47.9 Å². The maximum absolute atomic E-state index is 14.2. The molecule has 3 amide bonds. The van der Waals surface area contributed by atoms with Crippen LogP contribution in [0.5, 0.6) is 0 Å².